The molecule has 3 heteroatoms. The molecule has 1 N–H and O–H groups in total. The molecule has 0 amide bonds. The molecule has 1 atom stereocenters. The predicted molar refractivity (Wildman–Crippen MR) is 75.8 cm³/mol. The zero-order valence-electron chi connectivity index (χ0n) is 10.7. The number of hydrogen-bond donors (Lipinski definition) is 1. The van der Waals surface area contributed by atoms with Crippen LogP contribution in [0.4, 0.5) is 4.39 Å². The molecule has 0 fully saturated rings. The summed E-state index contributed by atoms with van der Waals surface area (Å²) < 4.78 is 13.5. The highest BCUT2D eigenvalue weighted by Gasteiger charge is 2.22. The lowest BCUT2D eigenvalue weighted by atomic mass is 9.89. The van der Waals surface area contributed by atoms with E-state index >= 15 is 0 Å². The first-order valence-electron chi connectivity index (χ1n) is 6.34. The highest BCUT2D eigenvalue weighted by molar-refractivity contribution is 7.98. The van der Waals surface area contributed by atoms with Crippen LogP contribution in [0.5, 0.6) is 0 Å². The highest BCUT2D eigenvalue weighted by Crippen LogP contribution is 2.42. The zero-order chi connectivity index (χ0) is 13.4. The summed E-state index contributed by atoms with van der Waals surface area (Å²) in [5.41, 5.74) is 4.38. The fourth-order valence-corrected chi connectivity index (χ4v) is 3.96. The van der Waals surface area contributed by atoms with Crippen molar-refractivity contribution in [3.05, 3.63) is 64.5 Å². The minimum atomic E-state index is -0.183. The molecule has 1 unspecified atom stereocenters. The van der Waals surface area contributed by atoms with E-state index in [-0.39, 0.29) is 18.3 Å². The van der Waals surface area contributed by atoms with E-state index in [1.807, 2.05) is 18.2 Å². The number of thioether (sulfide) groups is 1. The maximum absolute atomic E-state index is 13.5. The van der Waals surface area contributed by atoms with E-state index in [0.717, 1.165) is 21.8 Å². The molecule has 1 nitrogen and oxygen atoms in total. The molecule has 2 aromatic carbocycles. The smallest absolute Gasteiger partial charge is 0.123 e. The third kappa shape index (κ3) is 2.17. The van der Waals surface area contributed by atoms with Crippen LogP contribution in [0, 0.1) is 5.82 Å². The number of benzene rings is 2. The normalized spacial score (nSPS) is 17.5. The Bertz CT molecular complexity index is 624. The van der Waals surface area contributed by atoms with Gasteiger partial charge < -0.3 is 5.11 Å². The van der Waals surface area contributed by atoms with Gasteiger partial charge >= 0.3 is 0 Å². The van der Waals surface area contributed by atoms with Gasteiger partial charge in [-0.3, -0.25) is 0 Å². The first kappa shape index (κ1) is 12.7. The molecule has 1 heterocycles. The van der Waals surface area contributed by atoms with E-state index in [0.29, 0.717) is 0 Å². The minimum Gasteiger partial charge on any atom is -0.392 e. The summed E-state index contributed by atoms with van der Waals surface area (Å²) in [4.78, 5) is 1.15. The van der Waals surface area contributed by atoms with Crippen LogP contribution in [0.1, 0.15) is 35.1 Å². The van der Waals surface area contributed by atoms with E-state index < -0.39 is 0 Å². The van der Waals surface area contributed by atoms with Crippen molar-refractivity contribution in [2.24, 2.45) is 0 Å². The second kappa shape index (κ2) is 4.99. The van der Waals surface area contributed by atoms with Gasteiger partial charge in [-0.25, -0.2) is 4.39 Å². The maximum atomic E-state index is 13.5. The van der Waals surface area contributed by atoms with Gasteiger partial charge in [0.1, 0.15) is 5.82 Å². The van der Waals surface area contributed by atoms with Crippen LogP contribution in [0.3, 0.4) is 0 Å². The molecule has 1 aliphatic heterocycles. The van der Waals surface area contributed by atoms with Crippen LogP contribution >= 0.6 is 11.8 Å². The van der Waals surface area contributed by atoms with Gasteiger partial charge in [0.25, 0.3) is 0 Å². The molecule has 1 aliphatic rings. The van der Waals surface area contributed by atoms with E-state index in [1.54, 1.807) is 17.8 Å². The van der Waals surface area contributed by atoms with E-state index in [9.17, 15) is 9.50 Å². The van der Waals surface area contributed by atoms with Gasteiger partial charge in [0.2, 0.25) is 0 Å². The molecule has 98 valence electrons. The number of rotatable bonds is 1. The molecule has 0 aliphatic carbocycles. The molecule has 0 bridgehead atoms. The Morgan fingerprint density at radius 1 is 1.26 bits per heavy atom. The largest absolute Gasteiger partial charge is 0.392 e. The van der Waals surface area contributed by atoms with Crippen LogP contribution in [0.25, 0.3) is 0 Å². The fourth-order valence-electron chi connectivity index (χ4n) is 2.66. The Hall–Kier alpha value is -1.32. The number of aliphatic hydroxyl groups excluding tert-OH is 1. The summed E-state index contributed by atoms with van der Waals surface area (Å²) in [5.74, 6) is 0.795. The number of hydrogen-bond acceptors (Lipinski definition) is 2. The van der Waals surface area contributed by atoms with Crippen molar-refractivity contribution in [3.8, 4) is 0 Å². The summed E-state index contributed by atoms with van der Waals surface area (Å²) in [7, 11) is 0. The third-order valence-electron chi connectivity index (χ3n) is 3.71. The van der Waals surface area contributed by atoms with E-state index in [4.69, 9.17) is 0 Å². The van der Waals surface area contributed by atoms with Crippen molar-refractivity contribution < 1.29 is 9.50 Å². The van der Waals surface area contributed by atoms with Crippen molar-refractivity contribution >= 4 is 11.8 Å². The average Bonchev–Trinajstić information content (AvgIpc) is 2.57. The van der Waals surface area contributed by atoms with Gasteiger partial charge in [-0.2, -0.15) is 0 Å². The minimum absolute atomic E-state index is 0.0492. The highest BCUT2D eigenvalue weighted by atomic mass is 32.2. The molecule has 2 aromatic rings. The summed E-state index contributed by atoms with van der Waals surface area (Å²) in [6.45, 7) is 2.15. The summed E-state index contributed by atoms with van der Waals surface area (Å²) in [6, 6.07) is 11.0. The molecule has 0 saturated carbocycles. The first-order chi connectivity index (χ1) is 9.20. The zero-order valence-corrected chi connectivity index (χ0v) is 11.5. The molecule has 0 spiro atoms. The van der Waals surface area contributed by atoms with Crippen LogP contribution in [0.2, 0.25) is 0 Å². The molecular weight excluding hydrogens is 259 g/mol. The Morgan fingerprint density at radius 3 is 2.89 bits per heavy atom. The number of halogens is 1. The molecule has 19 heavy (non-hydrogen) atoms. The second-order valence-corrected chi connectivity index (χ2v) is 5.83. The van der Waals surface area contributed by atoms with Crippen LogP contribution in [-0.2, 0) is 12.4 Å². The van der Waals surface area contributed by atoms with Gasteiger partial charge in [-0.05, 0) is 34.4 Å². The average molecular weight is 274 g/mol. The fraction of sp³-hybridized carbons (Fsp3) is 0.250. The quantitative estimate of drug-likeness (QED) is 0.845. The standard InChI is InChI=1S/C16H15FOS/c1-10-14-4-2-3-11(8-18)16(14)19-9-12-5-6-13(17)7-15(10)12/h2-7,10,18H,8-9H2,1H3. The van der Waals surface area contributed by atoms with E-state index in [2.05, 4.69) is 13.0 Å². The second-order valence-electron chi connectivity index (χ2n) is 4.85. The van der Waals surface area contributed by atoms with Crippen molar-refractivity contribution in [2.45, 2.75) is 30.1 Å². The van der Waals surface area contributed by atoms with E-state index in [1.165, 1.54) is 17.2 Å². The monoisotopic (exact) mass is 274 g/mol. The molecule has 0 radical (unpaired) electrons. The van der Waals surface area contributed by atoms with Gasteiger partial charge in [-0.1, -0.05) is 31.2 Å². The Morgan fingerprint density at radius 2 is 2.11 bits per heavy atom. The van der Waals surface area contributed by atoms with Crippen molar-refractivity contribution in [2.75, 3.05) is 0 Å². The number of fused-ring (bicyclic) bond motifs is 2. The lowest BCUT2D eigenvalue weighted by molar-refractivity contribution is 0.278. The SMILES string of the molecule is CC1c2cc(F)ccc2CSc2c(CO)cccc21. The number of aliphatic hydroxyl groups is 1. The lowest BCUT2D eigenvalue weighted by Gasteiger charge is -2.16. The van der Waals surface area contributed by atoms with Gasteiger partial charge in [0, 0.05) is 16.6 Å². The Balaban J connectivity index is 2.18. The van der Waals surface area contributed by atoms with Gasteiger partial charge in [0.05, 0.1) is 6.61 Å². The summed E-state index contributed by atoms with van der Waals surface area (Å²) >= 11 is 1.73. The van der Waals surface area contributed by atoms with Crippen molar-refractivity contribution in [1.29, 1.82) is 0 Å². The van der Waals surface area contributed by atoms with Crippen LogP contribution in [-0.4, -0.2) is 5.11 Å². The van der Waals surface area contributed by atoms with Gasteiger partial charge in [0.15, 0.2) is 0 Å². The third-order valence-corrected chi connectivity index (χ3v) is 4.95. The Kier molecular flexibility index (Phi) is 3.33. The molecule has 3 rings (SSSR count). The maximum Gasteiger partial charge on any atom is 0.123 e. The van der Waals surface area contributed by atoms with Crippen molar-refractivity contribution in [3.63, 3.8) is 0 Å². The molecule has 0 aromatic heterocycles. The summed E-state index contributed by atoms with van der Waals surface area (Å²) in [5, 5.41) is 9.46. The first-order valence-corrected chi connectivity index (χ1v) is 7.33. The Labute approximate surface area is 116 Å². The lowest BCUT2D eigenvalue weighted by Crippen LogP contribution is -2.01. The summed E-state index contributed by atoms with van der Waals surface area (Å²) in [6.07, 6.45) is 0. The van der Waals surface area contributed by atoms with Crippen LogP contribution < -0.4 is 0 Å². The van der Waals surface area contributed by atoms with Crippen molar-refractivity contribution in [1.82, 2.24) is 0 Å². The topological polar surface area (TPSA) is 20.2 Å². The van der Waals surface area contributed by atoms with Crippen LogP contribution in [0.15, 0.2) is 41.3 Å². The molecular formula is C16H15FOS. The predicted octanol–water partition coefficient (Wildman–Crippen LogP) is 4.08. The van der Waals surface area contributed by atoms with Gasteiger partial charge in [-0.15, -0.1) is 11.8 Å². The molecule has 0 saturated heterocycles.